The second-order valence-corrected chi connectivity index (χ2v) is 10.4. The molecule has 0 aliphatic carbocycles. The number of hydrogen-bond donors (Lipinski definition) is 5. The molecule has 4 atom stereocenters. The highest BCUT2D eigenvalue weighted by Crippen LogP contribution is 2.33. The Morgan fingerprint density at radius 2 is 1.92 bits per heavy atom. The Morgan fingerprint density at radius 1 is 1.15 bits per heavy atom. The number of nitrogens with zero attached hydrogens (tertiary/aromatic N) is 4. The van der Waals surface area contributed by atoms with Crippen molar-refractivity contribution in [3.8, 4) is 0 Å². The molecule has 0 bridgehead atoms. The number of rotatable bonds is 12. The maximum Gasteiger partial charge on any atom is 0.319 e. The van der Waals surface area contributed by atoms with Gasteiger partial charge in [0.05, 0.1) is 5.39 Å². The van der Waals surface area contributed by atoms with Crippen molar-refractivity contribution in [3.05, 3.63) is 48.4 Å². The molecule has 1 aromatic carbocycles. The quantitative estimate of drug-likeness (QED) is 0.221. The zero-order chi connectivity index (χ0) is 27.9. The van der Waals surface area contributed by atoms with Gasteiger partial charge >= 0.3 is 6.03 Å². The van der Waals surface area contributed by atoms with Gasteiger partial charge in [-0.05, 0) is 56.9 Å². The van der Waals surface area contributed by atoms with Gasteiger partial charge in [0.1, 0.15) is 36.1 Å². The highest BCUT2D eigenvalue weighted by Gasteiger charge is 2.44. The van der Waals surface area contributed by atoms with E-state index >= 15 is 0 Å². The SMILES string of the molecule is CCCCc1ccc(NC(=O)NCCCN(C[C@H]2O[C@@H](n3ccc4c(N)ncnc43)C(O)[C@@H]2O)C(C)C)cc1. The number of carbonyl (C=O) groups is 1. The average Bonchev–Trinajstić information content (AvgIpc) is 3.47. The molecule has 2 amide bonds. The number of urea groups is 1. The van der Waals surface area contributed by atoms with E-state index in [-0.39, 0.29) is 12.1 Å². The molecule has 11 nitrogen and oxygen atoms in total. The van der Waals surface area contributed by atoms with E-state index in [0.717, 1.165) is 31.4 Å². The number of aliphatic hydroxyl groups excluding tert-OH is 2. The van der Waals surface area contributed by atoms with E-state index in [4.69, 9.17) is 10.5 Å². The van der Waals surface area contributed by atoms with E-state index in [9.17, 15) is 15.0 Å². The minimum absolute atomic E-state index is 0.178. The lowest BCUT2D eigenvalue weighted by Crippen LogP contribution is -2.44. The number of ether oxygens (including phenoxy) is 1. The largest absolute Gasteiger partial charge is 0.387 e. The molecule has 3 aromatic rings. The van der Waals surface area contributed by atoms with E-state index in [1.54, 1.807) is 16.8 Å². The first kappa shape index (κ1) is 28.8. The lowest BCUT2D eigenvalue weighted by atomic mass is 10.1. The molecule has 0 spiro atoms. The number of carbonyl (C=O) groups excluding carboxylic acids is 1. The summed E-state index contributed by atoms with van der Waals surface area (Å²) in [6, 6.07) is 9.67. The monoisotopic (exact) mass is 539 g/mol. The molecule has 1 aliphatic rings. The van der Waals surface area contributed by atoms with Crippen molar-refractivity contribution in [2.45, 2.75) is 77.0 Å². The molecular weight excluding hydrogens is 498 g/mol. The summed E-state index contributed by atoms with van der Waals surface area (Å²) in [4.78, 5) is 22.8. The number of nitrogen functional groups attached to an aromatic ring is 1. The molecule has 1 saturated heterocycles. The number of aryl methyl sites for hydroxylation is 1. The molecule has 3 heterocycles. The molecule has 39 heavy (non-hydrogen) atoms. The third-order valence-electron chi connectivity index (χ3n) is 7.23. The topological polar surface area (TPSA) is 151 Å². The first-order valence-corrected chi connectivity index (χ1v) is 13.7. The fourth-order valence-corrected chi connectivity index (χ4v) is 4.89. The number of anilines is 2. The van der Waals surface area contributed by atoms with E-state index in [1.807, 2.05) is 12.1 Å². The molecular formula is C28H41N7O4. The smallest absolute Gasteiger partial charge is 0.319 e. The van der Waals surface area contributed by atoms with Crippen molar-refractivity contribution >= 4 is 28.6 Å². The molecule has 6 N–H and O–H groups in total. The van der Waals surface area contributed by atoms with Crippen molar-refractivity contribution in [1.82, 2.24) is 24.8 Å². The molecule has 4 rings (SSSR count). The highest BCUT2D eigenvalue weighted by atomic mass is 16.6. The van der Waals surface area contributed by atoms with Crippen LogP contribution in [0.15, 0.2) is 42.9 Å². The van der Waals surface area contributed by atoms with Crippen LogP contribution in [-0.4, -0.2) is 79.7 Å². The van der Waals surface area contributed by atoms with Crippen LogP contribution in [0.3, 0.4) is 0 Å². The summed E-state index contributed by atoms with van der Waals surface area (Å²) in [5.74, 6) is 0.344. The van der Waals surface area contributed by atoms with Crippen molar-refractivity contribution < 1.29 is 19.7 Å². The van der Waals surface area contributed by atoms with Crippen LogP contribution in [-0.2, 0) is 11.2 Å². The molecule has 0 saturated carbocycles. The van der Waals surface area contributed by atoms with Gasteiger partial charge in [-0.1, -0.05) is 25.5 Å². The molecule has 0 radical (unpaired) electrons. The predicted molar refractivity (Wildman–Crippen MR) is 151 cm³/mol. The van der Waals surface area contributed by atoms with Gasteiger partial charge in [0, 0.05) is 37.6 Å². The fourth-order valence-electron chi connectivity index (χ4n) is 4.89. The normalized spacial score (nSPS) is 21.2. The van der Waals surface area contributed by atoms with Crippen LogP contribution < -0.4 is 16.4 Å². The van der Waals surface area contributed by atoms with Crippen LogP contribution in [0.5, 0.6) is 0 Å². The Hall–Kier alpha value is -3.25. The lowest BCUT2D eigenvalue weighted by molar-refractivity contribution is -0.0465. The average molecular weight is 540 g/mol. The van der Waals surface area contributed by atoms with E-state index in [2.05, 4.69) is 58.4 Å². The van der Waals surface area contributed by atoms with Crippen LogP contribution in [0.4, 0.5) is 16.3 Å². The van der Waals surface area contributed by atoms with Gasteiger partial charge in [0.2, 0.25) is 0 Å². The first-order valence-electron chi connectivity index (χ1n) is 13.7. The van der Waals surface area contributed by atoms with Gasteiger partial charge in [-0.3, -0.25) is 4.90 Å². The standard InChI is InChI=1S/C28H41N7O4/c1-4-5-7-19-8-10-20(11-9-19)33-28(38)30-13-6-14-34(18(2)3)16-22-23(36)24(37)27(39-22)35-15-12-21-25(29)31-17-32-26(21)35/h8-12,15,17-18,22-24,27,36-37H,4-7,13-14,16H2,1-3H3,(H2,29,31,32)(H2,30,33,38)/t22-,23-,24?,27-/m1/s1. The summed E-state index contributed by atoms with van der Waals surface area (Å²) in [7, 11) is 0. The highest BCUT2D eigenvalue weighted by molar-refractivity contribution is 5.89. The van der Waals surface area contributed by atoms with Crippen LogP contribution in [0.1, 0.15) is 51.8 Å². The number of benzene rings is 1. The Morgan fingerprint density at radius 3 is 2.64 bits per heavy atom. The van der Waals surface area contributed by atoms with E-state index in [1.165, 1.54) is 11.9 Å². The summed E-state index contributed by atoms with van der Waals surface area (Å²) in [6.45, 7) is 7.93. The second-order valence-electron chi connectivity index (χ2n) is 10.4. The number of aromatic nitrogens is 3. The third-order valence-corrected chi connectivity index (χ3v) is 7.23. The summed E-state index contributed by atoms with van der Waals surface area (Å²) in [6.07, 6.45) is 3.59. The van der Waals surface area contributed by atoms with Crippen LogP contribution in [0, 0.1) is 0 Å². The predicted octanol–water partition coefficient (Wildman–Crippen LogP) is 2.90. The summed E-state index contributed by atoms with van der Waals surface area (Å²) in [5, 5.41) is 28.0. The van der Waals surface area contributed by atoms with Gasteiger partial charge < -0.3 is 35.9 Å². The van der Waals surface area contributed by atoms with Crippen LogP contribution in [0.25, 0.3) is 11.0 Å². The maximum atomic E-state index is 12.3. The van der Waals surface area contributed by atoms with Crippen LogP contribution in [0.2, 0.25) is 0 Å². The maximum absolute atomic E-state index is 12.3. The second kappa shape index (κ2) is 13.2. The van der Waals surface area contributed by atoms with Gasteiger partial charge in [-0.15, -0.1) is 0 Å². The molecule has 1 fully saturated rings. The Labute approximate surface area is 229 Å². The fraction of sp³-hybridized carbons (Fsp3) is 0.536. The number of unbranched alkanes of at least 4 members (excludes halogenated alkanes) is 1. The Kier molecular flexibility index (Phi) is 9.73. The summed E-state index contributed by atoms with van der Waals surface area (Å²) in [5.41, 5.74) is 8.51. The minimum atomic E-state index is -1.12. The number of hydrogen-bond acceptors (Lipinski definition) is 8. The van der Waals surface area contributed by atoms with Gasteiger partial charge in [0.25, 0.3) is 0 Å². The Balaban J connectivity index is 1.26. The lowest BCUT2D eigenvalue weighted by Gasteiger charge is -2.30. The number of nitrogens with two attached hydrogens (primary N) is 1. The Bertz CT molecular complexity index is 1220. The molecule has 2 aromatic heterocycles. The van der Waals surface area contributed by atoms with Gasteiger partial charge in [-0.2, -0.15) is 0 Å². The zero-order valence-corrected chi connectivity index (χ0v) is 23.0. The van der Waals surface area contributed by atoms with Crippen molar-refractivity contribution in [2.75, 3.05) is 30.7 Å². The van der Waals surface area contributed by atoms with Gasteiger partial charge in [-0.25, -0.2) is 14.8 Å². The number of amides is 2. The third kappa shape index (κ3) is 7.04. The molecule has 212 valence electrons. The molecule has 1 aliphatic heterocycles. The summed E-state index contributed by atoms with van der Waals surface area (Å²) < 4.78 is 7.82. The minimum Gasteiger partial charge on any atom is -0.387 e. The van der Waals surface area contributed by atoms with Gasteiger partial charge in [0.15, 0.2) is 6.23 Å². The van der Waals surface area contributed by atoms with Crippen molar-refractivity contribution in [1.29, 1.82) is 0 Å². The zero-order valence-electron chi connectivity index (χ0n) is 23.0. The summed E-state index contributed by atoms with van der Waals surface area (Å²) >= 11 is 0. The van der Waals surface area contributed by atoms with E-state index < -0.39 is 24.5 Å². The number of fused-ring (bicyclic) bond motifs is 1. The van der Waals surface area contributed by atoms with E-state index in [0.29, 0.717) is 36.5 Å². The first-order chi connectivity index (χ1) is 18.8. The van der Waals surface area contributed by atoms with Crippen LogP contribution >= 0.6 is 0 Å². The number of aliphatic hydroxyl groups is 2. The van der Waals surface area contributed by atoms with Crippen molar-refractivity contribution in [3.63, 3.8) is 0 Å². The van der Waals surface area contributed by atoms with Crippen molar-refractivity contribution in [2.24, 2.45) is 0 Å². The molecule has 1 unspecified atom stereocenters. The number of nitrogens with one attached hydrogen (secondary N) is 2. The molecule has 11 heteroatoms.